The molecule has 19 heteroatoms. The SMILES string of the molecule is COc1ccc2c(OC3CC(C(N)=O)N(C(=O)C(NC(=O)OC(C)(C)C)C(C)CC(C)CCC=CC4CC4C(=O)NS(=O)(=O)C4(C)CC4)C3)ncc(N3CCN(CC(F)F)CC3)c2c1. The highest BCUT2D eigenvalue weighted by atomic mass is 32.2. The Morgan fingerprint density at radius 2 is 1.77 bits per heavy atom. The van der Waals surface area contributed by atoms with E-state index in [1.54, 1.807) is 52.0 Å². The lowest BCUT2D eigenvalue weighted by molar-refractivity contribution is -0.140. The number of pyridine rings is 1. The molecule has 2 saturated carbocycles. The molecule has 2 aromatic rings. The van der Waals surface area contributed by atoms with E-state index in [2.05, 4.69) is 19.9 Å². The molecule has 4 N–H and O–H groups in total. The zero-order valence-electron chi connectivity index (χ0n) is 38.0. The zero-order chi connectivity index (χ0) is 46.7. The number of hydrogen-bond donors (Lipinski definition) is 3. The van der Waals surface area contributed by atoms with E-state index in [-0.39, 0.29) is 43.1 Å². The van der Waals surface area contributed by atoms with Crippen LogP contribution in [-0.4, -0.2) is 128 Å². The van der Waals surface area contributed by atoms with Crippen LogP contribution in [0.1, 0.15) is 86.5 Å². The first-order chi connectivity index (χ1) is 30.1. The van der Waals surface area contributed by atoms with Crippen molar-refractivity contribution in [1.82, 2.24) is 24.8 Å². The number of rotatable bonds is 19. The van der Waals surface area contributed by atoms with Crippen molar-refractivity contribution in [2.24, 2.45) is 29.4 Å². The van der Waals surface area contributed by atoms with Gasteiger partial charge >= 0.3 is 6.09 Å². The summed E-state index contributed by atoms with van der Waals surface area (Å²) in [4.78, 5) is 63.2. The third-order valence-corrected chi connectivity index (χ3v) is 15.0. The lowest BCUT2D eigenvalue weighted by atomic mass is 9.88. The molecule has 6 rings (SSSR count). The van der Waals surface area contributed by atoms with Gasteiger partial charge < -0.3 is 35.1 Å². The molecule has 1 aromatic heterocycles. The van der Waals surface area contributed by atoms with Crippen molar-refractivity contribution in [2.45, 2.75) is 121 Å². The van der Waals surface area contributed by atoms with Crippen molar-refractivity contribution in [3.05, 3.63) is 36.5 Å². The van der Waals surface area contributed by atoms with Crippen molar-refractivity contribution in [3.63, 3.8) is 0 Å². The number of likely N-dealkylation sites (tertiary alicyclic amines) is 1. The normalized spacial score (nSPS) is 23.7. The van der Waals surface area contributed by atoms with Crippen LogP contribution >= 0.6 is 0 Å². The van der Waals surface area contributed by atoms with Gasteiger partial charge in [-0.05, 0) is 102 Å². The lowest BCUT2D eigenvalue weighted by Gasteiger charge is -2.36. The van der Waals surface area contributed by atoms with Gasteiger partial charge in [-0.2, -0.15) is 0 Å². The molecule has 0 spiro atoms. The number of nitrogens with one attached hydrogen (secondary N) is 2. The molecule has 4 amide bonds. The number of anilines is 1. The monoisotopic (exact) mass is 917 g/mol. The van der Waals surface area contributed by atoms with E-state index < -0.39 is 74.7 Å². The summed E-state index contributed by atoms with van der Waals surface area (Å²) in [5.74, 6) is -1.48. The number of fused-ring (bicyclic) bond motifs is 1. The standard InChI is InChI=1S/C45H65F2N7O9S/c1-27(10-8-9-11-29-21-33(29)40(56)51-64(59,60)45(6)14-15-45)20-28(2)38(50-43(58)63-44(3,4)5)42(57)54-25-31(23-35(54)39(48)55)62-41-32-13-12-30(61-7)22-34(32)36(24-49-41)53-18-16-52(17-19-53)26-37(46)47/h9,11-13,22,24,27-29,31,33,35,37-38H,8,10,14-21,23,25-26H2,1-7H3,(H2,48,55)(H,50,58)(H,51,56). The van der Waals surface area contributed by atoms with Crippen LogP contribution in [-0.2, 0) is 29.1 Å². The Bertz CT molecular complexity index is 2180. The molecule has 4 fully saturated rings. The molecule has 3 heterocycles. The van der Waals surface area contributed by atoms with E-state index in [4.69, 9.17) is 19.9 Å². The van der Waals surface area contributed by atoms with Gasteiger partial charge in [-0.15, -0.1) is 0 Å². The number of hydrogen-bond acceptors (Lipinski definition) is 12. The Kier molecular flexibility index (Phi) is 15.0. The third-order valence-electron chi connectivity index (χ3n) is 12.8. The van der Waals surface area contributed by atoms with E-state index in [1.807, 2.05) is 38.1 Å². The molecule has 16 nitrogen and oxygen atoms in total. The van der Waals surface area contributed by atoms with Crippen LogP contribution in [0.15, 0.2) is 36.5 Å². The Balaban J connectivity index is 1.11. The molecule has 7 atom stereocenters. The number of nitrogens with two attached hydrogens (primary N) is 1. The van der Waals surface area contributed by atoms with Crippen LogP contribution in [0.2, 0.25) is 0 Å². The highest BCUT2D eigenvalue weighted by molar-refractivity contribution is 7.91. The molecule has 0 radical (unpaired) electrons. The van der Waals surface area contributed by atoms with Gasteiger partial charge in [-0.25, -0.2) is 27.0 Å². The van der Waals surface area contributed by atoms with Gasteiger partial charge in [-0.3, -0.25) is 24.0 Å². The van der Waals surface area contributed by atoms with Crippen LogP contribution in [0, 0.1) is 23.7 Å². The molecule has 2 aliphatic heterocycles. The molecular weight excluding hydrogens is 853 g/mol. The number of sulfonamides is 1. The number of ether oxygens (including phenoxy) is 3. The highest BCUT2D eigenvalue weighted by Gasteiger charge is 2.53. The smallest absolute Gasteiger partial charge is 0.408 e. The molecule has 7 unspecified atom stereocenters. The van der Waals surface area contributed by atoms with E-state index in [9.17, 15) is 36.4 Å². The Labute approximate surface area is 375 Å². The van der Waals surface area contributed by atoms with Crippen molar-refractivity contribution < 1.29 is 50.6 Å². The third kappa shape index (κ3) is 12.1. The maximum Gasteiger partial charge on any atom is 0.408 e. The zero-order valence-corrected chi connectivity index (χ0v) is 38.8. The second-order valence-corrected chi connectivity index (χ2v) is 21.5. The first-order valence-electron chi connectivity index (χ1n) is 22.3. The molecule has 2 aliphatic carbocycles. The summed E-state index contributed by atoms with van der Waals surface area (Å²) in [6, 6.07) is 3.36. The number of aromatic nitrogens is 1. The molecule has 4 aliphatic rings. The van der Waals surface area contributed by atoms with E-state index in [1.165, 1.54) is 4.90 Å². The van der Waals surface area contributed by atoms with Gasteiger partial charge in [0, 0.05) is 49.3 Å². The number of methoxy groups -OCH3 is 1. The summed E-state index contributed by atoms with van der Waals surface area (Å²) < 4.78 is 70.1. The predicted molar refractivity (Wildman–Crippen MR) is 237 cm³/mol. The maximum atomic E-state index is 14.6. The van der Waals surface area contributed by atoms with Crippen LogP contribution < -0.4 is 30.1 Å². The van der Waals surface area contributed by atoms with Crippen molar-refractivity contribution in [2.75, 3.05) is 51.3 Å². The van der Waals surface area contributed by atoms with Gasteiger partial charge in [0.1, 0.15) is 29.5 Å². The van der Waals surface area contributed by atoms with Crippen LogP contribution in [0.25, 0.3) is 10.8 Å². The minimum Gasteiger partial charge on any atom is -0.497 e. The molecule has 64 heavy (non-hydrogen) atoms. The molecular formula is C45H65F2N7O9S. The number of nitrogens with zero attached hydrogens (tertiary/aromatic N) is 4. The van der Waals surface area contributed by atoms with Crippen LogP contribution in [0.3, 0.4) is 0 Å². The fourth-order valence-corrected chi connectivity index (χ4v) is 9.98. The number of carbonyl (C=O) groups is 4. The topological polar surface area (TPSA) is 203 Å². The number of carbonyl (C=O) groups excluding carboxylic acids is 4. The first-order valence-corrected chi connectivity index (χ1v) is 23.8. The number of alkyl carbamates (subject to hydrolysis) is 1. The summed E-state index contributed by atoms with van der Waals surface area (Å²) >= 11 is 0. The van der Waals surface area contributed by atoms with Gasteiger partial charge in [0.05, 0.1) is 36.8 Å². The number of halogens is 2. The van der Waals surface area contributed by atoms with Gasteiger partial charge in [0.15, 0.2) is 0 Å². The number of amides is 4. The molecule has 354 valence electrons. The number of primary amides is 1. The quantitative estimate of drug-likeness (QED) is 0.160. The predicted octanol–water partition coefficient (Wildman–Crippen LogP) is 4.99. The number of piperazine rings is 1. The minimum absolute atomic E-state index is 0.00931. The first kappa shape index (κ1) is 48.7. The summed E-state index contributed by atoms with van der Waals surface area (Å²) in [5.41, 5.74) is 5.86. The maximum absolute atomic E-state index is 14.6. The molecule has 0 bridgehead atoms. The Morgan fingerprint density at radius 1 is 1.06 bits per heavy atom. The van der Waals surface area contributed by atoms with E-state index >= 15 is 0 Å². The van der Waals surface area contributed by atoms with Gasteiger partial charge in [0.25, 0.3) is 6.43 Å². The average Bonchev–Trinajstić information content (AvgIpc) is 4.13. The second kappa shape index (κ2) is 19.8. The summed E-state index contributed by atoms with van der Waals surface area (Å²) in [6.45, 7) is 12.4. The average molecular weight is 918 g/mol. The number of alkyl halides is 2. The summed E-state index contributed by atoms with van der Waals surface area (Å²) in [5, 5.41) is 4.23. The number of allylic oxidation sites excluding steroid dienone is 2. The Morgan fingerprint density at radius 3 is 2.39 bits per heavy atom. The largest absolute Gasteiger partial charge is 0.497 e. The molecule has 1 aromatic carbocycles. The minimum atomic E-state index is -3.68. The number of benzene rings is 1. The van der Waals surface area contributed by atoms with Crippen molar-refractivity contribution >= 4 is 50.3 Å². The van der Waals surface area contributed by atoms with Crippen LogP contribution in [0.4, 0.5) is 19.3 Å². The van der Waals surface area contributed by atoms with E-state index in [0.29, 0.717) is 69.4 Å². The van der Waals surface area contributed by atoms with Crippen molar-refractivity contribution in [3.8, 4) is 11.6 Å². The lowest BCUT2D eigenvalue weighted by Crippen LogP contribution is -2.56. The Hall–Kier alpha value is -4.78. The van der Waals surface area contributed by atoms with Crippen molar-refractivity contribution in [1.29, 1.82) is 0 Å². The second-order valence-electron chi connectivity index (χ2n) is 19.3. The molecule has 2 saturated heterocycles. The summed E-state index contributed by atoms with van der Waals surface area (Å²) in [7, 11) is -2.11. The highest BCUT2D eigenvalue weighted by Crippen LogP contribution is 2.44. The van der Waals surface area contributed by atoms with Gasteiger partial charge in [0.2, 0.25) is 33.6 Å². The van der Waals surface area contributed by atoms with Gasteiger partial charge in [-0.1, -0.05) is 26.0 Å². The van der Waals surface area contributed by atoms with Crippen LogP contribution in [0.5, 0.6) is 11.6 Å². The summed E-state index contributed by atoms with van der Waals surface area (Å²) in [6.07, 6.45) is 5.52. The fraction of sp³-hybridized carbons (Fsp3) is 0.667. The fourth-order valence-electron chi connectivity index (χ4n) is 8.68. The van der Waals surface area contributed by atoms with E-state index in [0.717, 1.165) is 17.5 Å².